The molecule has 0 saturated heterocycles. The molecule has 0 aromatic heterocycles. The Morgan fingerprint density at radius 3 is 2.06 bits per heavy atom. The minimum atomic E-state index is -1.04. The first kappa shape index (κ1) is 29.9. The van der Waals surface area contributed by atoms with E-state index in [9.17, 15) is 19.2 Å². The number of unbranched alkanes of at least 4 members (excludes halogenated alkanes) is 2. The number of esters is 3. The molecule has 3 atom stereocenters. The number of rotatable bonds is 14. The van der Waals surface area contributed by atoms with Crippen molar-refractivity contribution in [2.45, 2.75) is 91.4 Å². The SMILES string of the molecule is CCCCCOC(=O)O[C@@H](C)[C@H](C)OC(=O)[C@@H](N)Cc1ccc(OC(=O)CC)c(OC(=O)CC)c1. The van der Waals surface area contributed by atoms with Crippen LogP contribution in [0.25, 0.3) is 0 Å². The van der Waals surface area contributed by atoms with Crippen molar-refractivity contribution >= 4 is 24.1 Å². The summed E-state index contributed by atoms with van der Waals surface area (Å²) in [6.45, 7) is 8.75. The van der Waals surface area contributed by atoms with E-state index in [0.29, 0.717) is 5.56 Å². The Bertz CT molecular complexity index is 855. The summed E-state index contributed by atoms with van der Waals surface area (Å²) >= 11 is 0. The highest BCUT2D eigenvalue weighted by Gasteiger charge is 2.25. The van der Waals surface area contributed by atoms with E-state index in [-0.39, 0.29) is 37.4 Å². The average Bonchev–Trinajstić information content (AvgIpc) is 2.82. The van der Waals surface area contributed by atoms with Gasteiger partial charge in [-0.05, 0) is 44.4 Å². The number of carbonyl (C=O) groups excluding carboxylic acids is 4. The van der Waals surface area contributed by atoms with E-state index >= 15 is 0 Å². The lowest BCUT2D eigenvalue weighted by molar-refractivity contribution is -0.155. The molecule has 0 amide bonds. The van der Waals surface area contributed by atoms with Gasteiger partial charge in [0.1, 0.15) is 18.2 Å². The molecule has 0 spiro atoms. The van der Waals surface area contributed by atoms with Crippen molar-refractivity contribution in [3.05, 3.63) is 23.8 Å². The van der Waals surface area contributed by atoms with E-state index in [1.807, 2.05) is 6.92 Å². The van der Waals surface area contributed by atoms with Gasteiger partial charge in [-0.25, -0.2) is 4.79 Å². The van der Waals surface area contributed by atoms with Gasteiger partial charge in [-0.2, -0.15) is 0 Å². The molecule has 0 fully saturated rings. The van der Waals surface area contributed by atoms with Crippen LogP contribution in [0, 0.1) is 0 Å². The Balaban J connectivity index is 2.71. The van der Waals surface area contributed by atoms with Crippen molar-refractivity contribution in [1.82, 2.24) is 0 Å². The Morgan fingerprint density at radius 1 is 0.857 bits per heavy atom. The van der Waals surface area contributed by atoms with Crippen molar-refractivity contribution in [2.24, 2.45) is 5.73 Å². The number of carbonyl (C=O) groups is 4. The van der Waals surface area contributed by atoms with Crippen LogP contribution in [0.3, 0.4) is 0 Å². The fourth-order valence-electron chi connectivity index (χ4n) is 2.73. The molecule has 196 valence electrons. The zero-order valence-corrected chi connectivity index (χ0v) is 21.2. The van der Waals surface area contributed by atoms with E-state index in [4.69, 9.17) is 29.4 Å². The minimum absolute atomic E-state index is 0.0598. The normalized spacial score (nSPS) is 13.2. The molecule has 0 bridgehead atoms. The highest BCUT2D eigenvalue weighted by atomic mass is 16.7. The largest absolute Gasteiger partial charge is 0.508 e. The van der Waals surface area contributed by atoms with Gasteiger partial charge in [0.2, 0.25) is 0 Å². The van der Waals surface area contributed by atoms with Crippen molar-refractivity contribution in [2.75, 3.05) is 6.61 Å². The van der Waals surface area contributed by atoms with Crippen LogP contribution in [0.15, 0.2) is 18.2 Å². The van der Waals surface area contributed by atoms with Crippen molar-refractivity contribution in [3.63, 3.8) is 0 Å². The van der Waals surface area contributed by atoms with Crippen molar-refractivity contribution in [3.8, 4) is 11.5 Å². The first-order valence-electron chi connectivity index (χ1n) is 11.9. The van der Waals surface area contributed by atoms with E-state index < -0.39 is 42.3 Å². The molecule has 35 heavy (non-hydrogen) atoms. The van der Waals surface area contributed by atoms with Gasteiger partial charge in [-0.1, -0.05) is 39.7 Å². The van der Waals surface area contributed by atoms with Gasteiger partial charge in [-0.15, -0.1) is 0 Å². The topological polar surface area (TPSA) is 140 Å². The first-order chi connectivity index (χ1) is 16.6. The first-order valence-corrected chi connectivity index (χ1v) is 11.9. The van der Waals surface area contributed by atoms with Crippen molar-refractivity contribution in [1.29, 1.82) is 0 Å². The van der Waals surface area contributed by atoms with Gasteiger partial charge in [0.05, 0.1) is 6.61 Å². The standard InChI is InChI=1S/C25H37NO9/c1-6-9-10-13-31-25(30)33-17(5)16(4)32-24(29)19(26)14-18-11-12-20(34-22(27)7-2)21(15-18)35-23(28)8-3/h11-12,15-17,19H,6-10,13-14,26H2,1-5H3/t16-,17-,19-/m0/s1. The lowest BCUT2D eigenvalue weighted by Gasteiger charge is -2.22. The van der Waals surface area contributed by atoms with Crippen LogP contribution in [-0.4, -0.2) is 48.9 Å². The van der Waals surface area contributed by atoms with E-state index in [1.54, 1.807) is 33.8 Å². The lowest BCUT2D eigenvalue weighted by Crippen LogP contribution is -2.39. The Kier molecular flexibility index (Phi) is 13.4. The zero-order valence-electron chi connectivity index (χ0n) is 21.2. The van der Waals surface area contributed by atoms with Crippen molar-refractivity contribution < 1.29 is 42.9 Å². The third-order valence-corrected chi connectivity index (χ3v) is 5.00. The molecule has 1 rings (SSSR count). The quantitative estimate of drug-likeness (QED) is 0.230. The Hall–Kier alpha value is -3.14. The molecule has 10 heteroatoms. The maximum atomic E-state index is 12.5. The lowest BCUT2D eigenvalue weighted by atomic mass is 10.1. The molecule has 0 unspecified atom stereocenters. The predicted octanol–water partition coefficient (Wildman–Crippen LogP) is 3.85. The summed E-state index contributed by atoms with van der Waals surface area (Å²) in [5, 5.41) is 0. The Labute approximate surface area is 206 Å². The number of hydrogen-bond acceptors (Lipinski definition) is 10. The molecule has 0 aliphatic heterocycles. The molecule has 0 aliphatic rings. The second-order valence-corrected chi connectivity index (χ2v) is 8.02. The summed E-state index contributed by atoms with van der Waals surface area (Å²) in [4.78, 5) is 47.7. The van der Waals surface area contributed by atoms with Gasteiger partial charge in [0.15, 0.2) is 11.5 Å². The molecule has 2 N–H and O–H groups in total. The molecule has 1 aromatic carbocycles. The molecule has 0 aliphatic carbocycles. The predicted molar refractivity (Wildman–Crippen MR) is 127 cm³/mol. The second kappa shape index (κ2) is 15.7. The van der Waals surface area contributed by atoms with Crippen LogP contribution in [0.4, 0.5) is 4.79 Å². The Morgan fingerprint density at radius 2 is 1.46 bits per heavy atom. The third-order valence-electron chi connectivity index (χ3n) is 5.00. The van der Waals surface area contributed by atoms with Crippen LogP contribution in [0.1, 0.15) is 72.3 Å². The number of ether oxygens (including phenoxy) is 5. The number of benzene rings is 1. The summed E-state index contributed by atoms with van der Waals surface area (Å²) < 4.78 is 25.9. The molecule has 0 radical (unpaired) electrons. The number of nitrogens with two attached hydrogens (primary N) is 1. The fourth-order valence-corrected chi connectivity index (χ4v) is 2.73. The zero-order chi connectivity index (χ0) is 26.4. The minimum Gasteiger partial charge on any atom is -0.458 e. The van der Waals surface area contributed by atoms with Gasteiger partial charge in [0, 0.05) is 12.8 Å². The average molecular weight is 496 g/mol. The number of hydrogen-bond donors (Lipinski definition) is 1. The molecule has 10 nitrogen and oxygen atoms in total. The van der Waals surface area contributed by atoms with Crippen LogP contribution >= 0.6 is 0 Å². The van der Waals surface area contributed by atoms with Gasteiger partial charge in [-0.3, -0.25) is 14.4 Å². The van der Waals surface area contributed by atoms with Gasteiger partial charge >= 0.3 is 24.1 Å². The van der Waals surface area contributed by atoms with Crippen LogP contribution < -0.4 is 15.2 Å². The van der Waals surface area contributed by atoms with E-state index in [2.05, 4.69) is 0 Å². The van der Waals surface area contributed by atoms with Crippen LogP contribution in [0.2, 0.25) is 0 Å². The summed E-state index contributed by atoms with van der Waals surface area (Å²) in [5.74, 6) is -1.53. The highest BCUT2D eigenvalue weighted by molar-refractivity contribution is 5.77. The van der Waals surface area contributed by atoms with E-state index in [1.165, 1.54) is 12.1 Å². The summed E-state index contributed by atoms with van der Waals surface area (Å²) in [5.41, 5.74) is 6.58. The summed E-state index contributed by atoms with van der Waals surface area (Å²) in [6, 6.07) is 3.54. The third kappa shape index (κ3) is 11.2. The summed E-state index contributed by atoms with van der Waals surface area (Å²) in [7, 11) is 0. The van der Waals surface area contributed by atoms with Gasteiger partial charge in [0.25, 0.3) is 0 Å². The molecule has 1 aromatic rings. The molecule has 0 saturated carbocycles. The molecule has 0 heterocycles. The van der Waals surface area contributed by atoms with E-state index in [0.717, 1.165) is 19.3 Å². The maximum absolute atomic E-state index is 12.5. The van der Waals surface area contributed by atoms with Gasteiger partial charge < -0.3 is 29.4 Å². The highest BCUT2D eigenvalue weighted by Crippen LogP contribution is 2.30. The van der Waals surface area contributed by atoms with Crippen LogP contribution in [-0.2, 0) is 35.0 Å². The smallest absolute Gasteiger partial charge is 0.458 e. The van der Waals surface area contributed by atoms with Crippen LogP contribution in [0.5, 0.6) is 11.5 Å². The second-order valence-electron chi connectivity index (χ2n) is 8.02. The monoisotopic (exact) mass is 495 g/mol. The summed E-state index contributed by atoms with van der Waals surface area (Å²) in [6.07, 6.45) is 0.732. The fraction of sp³-hybridized carbons (Fsp3) is 0.600. The molecular formula is C25H37NO9. The molecular weight excluding hydrogens is 458 g/mol. The maximum Gasteiger partial charge on any atom is 0.508 e.